The Kier molecular flexibility index (Phi) is 3.08. The van der Waals surface area contributed by atoms with Gasteiger partial charge in [0.05, 0.1) is 7.11 Å². The van der Waals surface area contributed by atoms with Gasteiger partial charge in [-0.1, -0.05) is 13.0 Å². The van der Waals surface area contributed by atoms with Crippen molar-refractivity contribution in [1.29, 1.82) is 0 Å². The molecule has 1 saturated carbocycles. The fourth-order valence-corrected chi connectivity index (χ4v) is 1.74. The third kappa shape index (κ3) is 2.32. The number of pyridine rings is 1. The van der Waals surface area contributed by atoms with E-state index in [0.717, 1.165) is 12.0 Å². The van der Waals surface area contributed by atoms with E-state index in [1.165, 1.54) is 0 Å². The van der Waals surface area contributed by atoms with Crippen LogP contribution in [0.2, 0.25) is 0 Å². The van der Waals surface area contributed by atoms with E-state index in [1.54, 1.807) is 13.3 Å². The molecule has 0 saturated heterocycles. The Bertz CT molecular complexity index is 392. The van der Waals surface area contributed by atoms with Crippen LogP contribution in [0.3, 0.4) is 0 Å². The Hall–Kier alpha value is -1.58. The summed E-state index contributed by atoms with van der Waals surface area (Å²) in [7, 11) is 1.58. The van der Waals surface area contributed by atoms with Crippen LogP contribution in [0.1, 0.15) is 18.9 Å². The Labute approximate surface area is 95.0 Å². The highest BCUT2D eigenvalue weighted by Crippen LogP contribution is 2.37. The molecule has 1 N–H and O–H groups in total. The van der Waals surface area contributed by atoms with Gasteiger partial charge in [-0.15, -0.1) is 0 Å². The molecule has 0 spiro atoms. The first kappa shape index (κ1) is 10.9. The van der Waals surface area contributed by atoms with Crippen molar-refractivity contribution >= 4 is 5.91 Å². The van der Waals surface area contributed by atoms with E-state index in [2.05, 4.69) is 17.2 Å². The molecular formula is C12H16N2O2. The Morgan fingerprint density at radius 2 is 2.44 bits per heavy atom. The third-order valence-electron chi connectivity index (χ3n) is 2.94. The van der Waals surface area contributed by atoms with Gasteiger partial charge in [0, 0.05) is 24.2 Å². The van der Waals surface area contributed by atoms with Gasteiger partial charge in [0.1, 0.15) is 0 Å². The van der Waals surface area contributed by atoms with Crippen LogP contribution < -0.4 is 10.1 Å². The Morgan fingerprint density at radius 3 is 3.06 bits per heavy atom. The van der Waals surface area contributed by atoms with E-state index >= 15 is 0 Å². The number of nitrogens with one attached hydrogen (secondary N) is 1. The first-order valence-corrected chi connectivity index (χ1v) is 5.48. The van der Waals surface area contributed by atoms with Gasteiger partial charge in [-0.2, -0.15) is 0 Å². The zero-order chi connectivity index (χ0) is 11.5. The summed E-state index contributed by atoms with van der Waals surface area (Å²) in [5.74, 6) is 1.46. The van der Waals surface area contributed by atoms with Crippen LogP contribution >= 0.6 is 0 Å². The first-order valence-electron chi connectivity index (χ1n) is 5.48. The molecule has 1 heterocycles. The van der Waals surface area contributed by atoms with Crippen LogP contribution in [0.15, 0.2) is 18.3 Å². The highest BCUT2D eigenvalue weighted by atomic mass is 16.5. The van der Waals surface area contributed by atoms with E-state index in [4.69, 9.17) is 4.74 Å². The van der Waals surface area contributed by atoms with Gasteiger partial charge in [-0.3, -0.25) is 4.79 Å². The average molecular weight is 220 g/mol. The summed E-state index contributed by atoms with van der Waals surface area (Å²) < 4.78 is 5.11. The summed E-state index contributed by atoms with van der Waals surface area (Å²) in [6.45, 7) is 2.58. The van der Waals surface area contributed by atoms with Gasteiger partial charge in [-0.25, -0.2) is 4.98 Å². The quantitative estimate of drug-likeness (QED) is 0.833. The maximum absolute atomic E-state index is 11.6. The molecule has 0 bridgehead atoms. The van der Waals surface area contributed by atoms with Crippen molar-refractivity contribution in [2.75, 3.05) is 7.11 Å². The predicted octanol–water partition coefficient (Wildman–Crippen LogP) is 1.36. The summed E-state index contributed by atoms with van der Waals surface area (Å²) in [5.41, 5.74) is 0.909. The average Bonchev–Trinajstić information content (AvgIpc) is 3.04. The highest BCUT2D eigenvalue weighted by molar-refractivity contribution is 5.81. The molecule has 1 fully saturated rings. The molecule has 1 aromatic heterocycles. The van der Waals surface area contributed by atoms with Crippen LogP contribution in [0.4, 0.5) is 0 Å². The molecule has 2 atom stereocenters. The molecule has 2 rings (SSSR count). The zero-order valence-corrected chi connectivity index (χ0v) is 9.56. The summed E-state index contributed by atoms with van der Waals surface area (Å²) >= 11 is 0. The number of carbonyl (C=O) groups is 1. The predicted molar refractivity (Wildman–Crippen MR) is 59.9 cm³/mol. The highest BCUT2D eigenvalue weighted by Gasteiger charge is 2.38. The van der Waals surface area contributed by atoms with Gasteiger partial charge in [0.15, 0.2) is 0 Å². The summed E-state index contributed by atoms with van der Waals surface area (Å²) in [5, 5.41) is 2.91. The molecule has 0 unspecified atom stereocenters. The van der Waals surface area contributed by atoms with Crippen molar-refractivity contribution in [1.82, 2.24) is 10.3 Å². The minimum Gasteiger partial charge on any atom is -0.481 e. The van der Waals surface area contributed by atoms with Gasteiger partial charge in [0.25, 0.3) is 0 Å². The van der Waals surface area contributed by atoms with E-state index in [-0.39, 0.29) is 11.8 Å². The molecule has 1 aliphatic rings. The first-order chi connectivity index (χ1) is 7.72. The van der Waals surface area contributed by atoms with Crippen LogP contribution in [0.25, 0.3) is 0 Å². The van der Waals surface area contributed by atoms with Gasteiger partial charge < -0.3 is 10.1 Å². The molecule has 4 heteroatoms. The van der Waals surface area contributed by atoms with Gasteiger partial charge in [-0.05, 0) is 18.4 Å². The fourth-order valence-electron chi connectivity index (χ4n) is 1.74. The second-order valence-corrected chi connectivity index (χ2v) is 4.21. The third-order valence-corrected chi connectivity index (χ3v) is 2.94. The van der Waals surface area contributed by atoms with Crippen molar-refractivity contribution in [2.24, 2.45) is 11.8 Å². The molecule has 0 radical (unpaired) electrons. The standard InChI is InChI=1S/C12H16N2O2/c1-8-6-10(8)11(15)14-7-9-4-3-5-13-12(9)16-2/h3-5,8,10H,6-7H2,1-2H3,(H,14,15)/t8-,10-/m1/s1. The Morgan fingerprint density at radius 1 is 1.69 bits per heavy atom. The minimum absolute atomic E-state index is 0.137. The van der Waals surface area contributed by atoms with Gasteiger partial charge in [0.2, 0.25) is 11.8 Å². The number of aromatic nitrogens is 1. The summed E-state index contributed by atoms with van der Waals surface area (Å²) in [6.07, 6.45) is 2.68. The number of rotatable bonds is 4. The lowest BCUT2D eigenvalue weighted by atomic mass is 10.2. The van der Waals surface area contributed by atoms with E-state index in [1.807, 2.05) is 12.1 Å². The zero-order valence-electron chi connectivity index (χ0n) is 9.56. The molecule has 1 aliphatic carbocycles. The van der Waals surface area contributed by atoms with Crippen LogP contribution in [-0.2, 0) is 11.3 Å². The SMILES string of the molecule is COc1ncccc1CNC(=O)[C@@H]1C[C@H]1C. The molecule has 4 nitrogen and oxygen atoms in total. The number of carbonyl (C=O) groups excluding carboxylic acids is 1. The molecule has 0 aliphatic heterocycles. The molecule has 16 heavy (non-hydrogen) atoms. The number of ether oxygens (including phenoxy) is 1. The molecule has 86 valence electrons. The smallest absolute Gasteiger partial charge is 0.223 e. The van der Waals surface area contributed by atoms with Crippen molar-refractivity contribution in [2.45, 2.75) is 19.9 Å². The Balaban J connectivity index is 1.91. The maximum atomic E-state index is 11.6. The lowest BCUT2D eigenvalue weighted by molar-refractivity contribution is -0.122. The monoisotopic (exact) mass is 220 g/mol. The normalized spacial score (nSPS) is 22.6. The minimum atomic E-state index is 0.137. The molecule has 1 amide bonds. The second-order valence-electron chi connectivity index (χ2n) is 4.21. The van der Waals surface area contributed by atoms with E-state index < -0.39 is 0 Å². The fraction of sp³-hybridized carbons (Fsp3) is 0.500. The number of hydrogen-bond donors (Lipinski definition) is 1. The number of amides is 1. The van der Waals surface area contributed by atoms with Crippen LogP contribution in [0, 0.1) is 11.8 Å². The van der Waals surface area contributed by atoms with Crippen molar-refractivity contribution in [3.8, 4) is 5.88 Å². The van der Waals surface area contributed by atoms with Crippen molar-refractivity contribution < 1.29 is 9.53 Å². The van der Waals surface area contributed by atoms with Crippen LogP contribution in [0.5, 0.6) is 5.88 Å². The second kappa shape index (κ2) is 4.51. The van der Waals surface area contributed by atoms with Crippen molar-refractivity contribution in [3.05, 3.63) is 23.9 Å². The largest absolute Gasteiger partial charge is 0.481 e. The summed E-state index contributed by atoms with van der Waals surface area (Å²) in [4.78, 5) is 15.7. The molecule has 0 aromatic carbocycles. The van der Waals surface area contributed by atoms with Crippen molar-refractivity contribution in [3.63, 3.8) is 0 Å². The van der Waals surface area contributed by atoms with Crippen LogP contribution in [-0.4, -0.2) is 18.0 Å². The summed E-state index contributed by atoms with van der Waals surface area (Å²) in [6, 6.07) is 3.74. The number of nitrogens with zero attached hydrogens (tertiary/aromatic N) is 1. The van der Waals surface area contributed by atoms with E-state index in [0.29, 0.717) is 18.3 Å². The maximum Gasteiger partial charge on any atom is 0.223 e. The van der Waals surface area contributed by atoms with E-state index in [9.17, 15) is 4.79 Å². The number of methoxy groups -OCH3 is 1. The topological polar surface area (TPSA) is 51.2 Å². The lowest BCUT2D eigenvalue weighted by Crippen LogP contribution is -2.25. The lowest BCUT2D eigenvalue weighted by Gasteiger charge is -2.08. The molecular weight excluding hydrogens is 204 g/mol. The number of hydrogen-bond acceptors (Lipinski definition) is 3. The molecule has 1 aromatic rings. The van der Waals surface area contributed by atoms with Gasteiger partial charge >= 0.3 is 0 Å².